The Balaban J connectivity index is 1.68. The minimum Gasteiger partial charge on any atom is -0.296 e. The average molecular weight is 296 g/mol. The molecule has 114 valence electrons. The van der Waals surface area contributed by atoms with E-state index >= 15 is 0 Å². The maximum atomic E-state index is 8.98. The molecule has 0 radical (unpaired) electrons. The van der Waals surface area contributed by atoms with Crippen molar-refractivity contribution in [1.82, 2.24) is 25.1 Å². The summed E-state index contributed by atoms with van der Waals surface area (Å²) in [5.41, 5.74) is 1.71. The summed E-state index contributed by atoms with van der Waals surface area (Å²) in [6, 6.07) is 9.74. The summed E-state index contributed by atoms with van der Waals surface area (Å²) in [4.78, 5) is 2.41. The second-order valence-electron chi connectivity index (χ2n) is 6.02. The fourth-order valence-electron chi connectivity index (χ4n) is 2.79. The van der Waals surface area contributed by atoms with Gasteiger partial charge >= 0.3 is 0 Å². The molecule has 0 spiro atoms. The van der Waals surface area contributed by atoms with E-state index in [4.69, 9.17) is 5.26 Å². The topological polar surface area (TPSA) is 70.6 Å². The predicted octanol–water partition coefficient (Wildman–Crippen LogP) is 1.82. The smallest absolute Gasteiger partial charge is 0.165 e. The third-order valence-electron chi connectivity index (χ3n) is 4.24. The molecule has 6 nitrogen and oxygen atoms in total. The van der Waals surface area contributed by atoms with Gasteiger partial charge < -0.3 is 0 Å². The lowest BCUT2D eigenvalue weighted by Gasteiger charge is -2.29. The molecule has 2 heterocycles. The Kier molecular flexibility index (Phi) is 4.45. The molecule has 0 N–H and O–H groups in total. The minimum atomic E-state index is 0.599. The highest BCUT2D eigenvalue weighted by Crippen LogP contribution is 2.17. The zero-order valence-corrected chi connectivity index (χ0v) is 12.8. The molecule has 0 unspecified atom stereocenters. The van der Waals surface area contributed by atoms with Crippen molar-refractivity contribution in [3.63, 3.8) is 0 Å². The Morgan fingerprint density at radius 1 is 1.27 bits per heavy atom. The number of likely N-dealkylation sites (tertiary alicyclic amines) is 1. The highest BCUT2D eigenvalue weighted by molar-refractivity contribution is 5.32. The quantitative estimate of drug-likeness (QED) is 0.860. The molecule has 1 fully saturated rings. The molecule has 1 aliphatic rings. The largest absolute Gasteiger partial charge is 0.296 e. The van der Waals surface area contributed by atoms with Crippen molar-refractivity contribution in [3.05, 3.63) is 41.2 Å². The van der Waals surface area contributed by atoms with Crippen molar-refractivity contribution in [2.24, 2.45) is 5.92 Å². The van der Waals surface area contributed by atoms with Gasteiger partial charge in [0.15, 0.2) is 5.82 Å². The van der Waals surface area contributed by atoms with Crippen molar-refractivity contribution in [2.45, 2.75) is 32.9 Å². The minimum absolute atomic E-state index is 0.599. The second-order valence-corrected chi connectivity index (χ2v) is 6.02. The summed E-state index contributed by atoms with van der Waals surface area (Å²) in [7, 11) is 0. The van der Waals surface area contributed by atoms with Crippen LogP contribution >= 0.6 is 0 Å². The standard InChI is InChI=1S/C16H20N6/c1-13-5-7-21(8-6-13)12-16-18-19-20-22(16)11-15-4-2-3-14(9-15)10-17/h2-4,9,13H,5-8,11-12H2,1H3. The van der Waals surface area contributed by atoms with Gasteiger partial charge in [-0.05, 0) is 60.0 Å². The first kappa shape index (κ1) is 14.7. The molecule has 6 heteroatoms. The van der Waals surface area contributed by atoms with Gasteiger partial charge in [-0.1, -0.05) is 19.1 Å². The van der Waals surface area contributed by atoms with Crippen LogP contribution in [-0.4, -0.2) is 38.2 Å². The molecule has 0 aliphatic carbocycles. The molecular formula is C16H20N6. The van der Waals surface area contributed by atoms with E-state index in [0.717, 1.165) is 36.9 Å². The molecule has 0 atom stereocenters. The van der Waals surface area contributed by atoms with Gasteiger partial charge in [0.05, 0.1) is 24.7 Å². The van der Waals surface area contributed by atoms with Gasteiger partial charge in [-0.15, -0.1) is 5.10 Å². The lowest BCUT2D eigenvalue weighted by Crippen LogP contribution is -2.33. The van der Waals surface area contributed by atoms with E-state index in [0.29, 0.717) is 12.1 Å². The summed E-state index contributed by atoms with van der Waals surface area (Å²) >= 11 is 0. The summed E-state index contributed by atoms with van der Waals surface area (Å²) in [6.45, 7) is 5.92. The molecule has 1 saturated heterocycles. The molecule has 1 aliphatic heterocycles. The maximum Gasteiger partial charge on any atom is 0.165 e. The fraction of sp³-hybridized carbons (Fsp3) is 0.500. The van der Waals surface area contributed by atoms with Crippen molar-refractivity contribution >= 4 is 0 Å². The predicted molar refractivity (Wildman–Crippen MR) is 81.8 cm³/mol. The van der Waals surface area contributed by atoms with E-state index in [2.05, 4.69) is 33.4 Å². The van der Waals surface area contributed by atoms with Crippen LogP contribution in [0.1, 0.15) is 36.7 Å². The number of tetrazole rings is 1. The van der Waals surface area contributed by atoms with Crippen LogP contribution < -0.4 is 0 Å². The van der Waals surface area contributed by atoms with E-state index < -0.39 is 0 Å². The third-order valence-corrected chi connectivity index (χ3v) is 4.24. The number of hydrogen-bond donors (Lipinski definition) is 0. The van der Waals surface area contributed by atoms with E-state index in [1.165, 1.54) is 12.8 Å². The van der Waals surface area contributed by atoms with Crippen molar-refractivity contribution in [3.8, 4) is 6.07 Å². The molecule has 1 aromatic carbocycles. The van der Waals surface area contributed by atoms with Gasteiger partial charge in [-0.2, -0.15) is 5.26 Å². The molecule has 1 aromatic heterocycles. The Bertz CT molecular complexity index is 663. The fourth-order valence-corrected chi connectivity index (χ4v) is 2.79. The van der Waals surface area contributed by atoms with Crippen LogP contribution in [0, 0.1) is 17.2 Å². The monoisotopic (exact) mass is 296 g/mol. The van der Waals surface area contributed by atoms with Gasteiger partial charge in [0, 0.05) is 0 Å². The van der Waals surface area contributed by atoms with Gasteiger partial charge in [0.25, 0.3) is 0 Å². The van der Waals surface area contributed by atoms with Crippen molar-refractivity contribution < 1.29 is 0 Å². The molecule has 0 saturated carbocycles. The Hall–Kier alpha value is -2.26. The van der Waals surface area contributed by atoms with E-state index in [9.17, 15) is 0 Å². The van der Waals surface area contributed by atoms with E-state index in [-0.39, 0.29) is 0 Å². The first-order chi connectivity index (χ1) is 10.7. The highest BCUT2D eigenvalue weighted by atomic mass is 15.5. The number of benzene rings is 1. The van der Waals surface area contributed by atoms with E-state index in [1.54, 1.807) is 6.07 Å². The van der Waals surface area contributed by atoms with Gasteiger partial charge in [-0.3, -0.25) is 4.90 Å². The molecule has 2 aromatic rings. The van der Waals surface area contributed by atoms with Crippen LogP contribution in [0.4, 0.5) is 0 Å². The van der Waals surface area contributed by atoms with Crippen molar-refractivity contribution in [2.75, 3.05) is 13.1 Å². The first-order valence-corrected chi connectivity index (χ1v) is 7.71. The number of piperidine rings is 1. The maximum absolute atomic E-state index is 8.98. The summed E-state index contributed by atoms with van der Waals surface area (Å²) in [5, 5.41) is 21.0. The van der Waals surface area contributed by atoms with E-state index in [1.807, 2.05) is 22.9 Å². The Morgan fingerprint density at radius 2 is 2.09 bits per heavy atom. The van der Waals surface area contributed by atoms with Gasteiger partial charge in [0.1, 0.15) is 0 Å². The first-order valence-electron chi connectivity index (χ1n) is 7.71. The number of nitriles is 1. The number of nitrogens with zero attached hydrogens (tertiary/aromatic N) is 6. The van der Waals surface area contributed by atoms with Crippen LogP contribution in [0.25, 0.3) is 0 Å². The van der Waals surface area contributed by atoms with Crippen LogP contribution in [0.5, 0.6) is 0 Å². The zero-order valence-electron chi connectivity index (χ0n) is 12.8. The molecule has 22 heavy (non-hydrogen) atoms. The molecule has 3 rings (SSSR count). The molecule has 0 bridgehead atoms. The highest BCUT2D eigenvalue weighted by Gasteiger charge is 2.18. The Morgan fingerprint density at radius 3 is 2.86 bits per heavy atom. The average Bonchev–Trinajstić information content (AvgIpc) is 2.97. The summed E-state index contributed by atoms with van der Waals surface area (Å²) in [5.74, 6) is 1.71. The second kappa shape index (κ2) is 6.67. The lowest BCUT2D eigenvalue weighted by atomic mass is 9.99. The van der Waals surface area contributed by atoms with Crippen LogP contribution in [0.2, 0.25) is 0 Å². The van der Waals surface area contributed by atoms with Crippen LogP contribution in [-0.2, 0) is 13.1 Å². The normalized spacial score (nSPS) is 16.5. The van der Waals surface area contributed by atoms with Crippen LogP contribution in [0.15, 0.2) is 24.3 Å². The SMILES string of the molecule is CC1CCN(Cc2nnnn2Cc2cccc(C#N)c2)CC1. The van der Waals surface area contributed by atoms with Crippen molar-refractivity contribution in [1.29, 1.82) is 5.26 Å². The summed E-state index contributed by atoms with van der Waals surface area (Å²) < 4.78 is 1.83. The van der Waals surface area contributed by atoms with Crippen LogP contribution in [0.3, 0.4) is 0 Å². The number of hydrogen-bond acceptors (Lipinski definition) is 5. The van der Waals surface area contributed by atoms with Gasteiger partial charge in [0.2, 0.25) is 0 Å². The third kappa shape index (κ3) is 3.49. The summed E-state index contributed by atoms with van der Waals surface area (Å²) in [6.07, 6.45) is 2.48. The molecular weight excluding hydrogens is 276 g/mol. The zero-order chi connectivity index (χ0) is 15.4. The van der Waals surface area contributed by atoms with Gasteiger partial charge in [-0.25, -0.2) is 4.68 Å². The lowest BCUT2D eigenvalue weighted by molar-refractivity contribution is 0.179. The Labute approximate surface area is 130 Å². The number of aromatic nitrogens is 4. The number of rotatable bonds is 4. The molecule has 0 amide bonds.